The largest absolute Gasteiger partial charge is 0.326 e. The van der Waals surface area contributed by atoms with Crippen LogP contribution in [-0.4, -0.2) is 18.6 Å². The molecule has 0 saturated carbocycles. The third-order valence-corrected chi connectivity index (χ3v) is 2.76. The fraction of sp³-hybridized carbons (Fsp3) is 0.571. The molecule has 0 spiro atoms. The fourth-order valence-electron chi connectivity index (χ4n) is 1.74. The first-order chi connectivity index (χ1) is 8.38. The SMILES string of the molecule is CC(C)(N)CCCNCCc1ccc(F)cc1F. The number of nitrogens with two attached hydrogens (primary N) is 1. The Kier molecular flexibility index (Phi) is 5.69. The Labute approximate surface area is 108 Å². The van der Waals surface area contributed by atoms with Gasteiger partial charge in [-0.2, -0.15) is 0 Å². The van der Waals surface area contributed by atoms with E-state index in [1.807, 2.05) is 13.8 Å². The first-order valence-corrected chi connectivity index (χ1v) is 6.32. The van der Waals surface area contributed by atoms with Gasteiger partial charge in [-0.3, -0.25) is 0 Å². The van der Waals surface area contributed by atoms with Gasteiger partial charge in [0.1, 0.15) is 11.6 Å². The van der Waals surface area contributed by atoms with E-state index in [1.165, 1.54) is 12.1 Å². The lowest BCUT2D eigenvalue weighted by atomic mass is 10.0. The minimum absolute atomic E-state index is 0.134. The summed E-state index contributed by atoms with van der Waals surface area (Å²) in [7, 11) is 0. The quantitative estimate of drug-likeness (QED) is 0.736. The van der Waals surface area contributed by atoms with E-state index in [4.69, 9.17) is 5.73 Å². The zero-order valence-electron chi connectivity index (χ0n) is 11.1. The number of nitrogens with one attached hydrogen (secondary N) is 1. The maximum atomic E-state index is 13.3. The summed E-state index contributed by atoms with van der Waals surface area (Å²) >= 11 is 0. The molecule has 0 unspecified atom stereocenters. The first kappa shape index (κ1) is 15.1. The summed E-state index contributed by atoms with van der Waals surface area (Å²) in [4.78, 5) is 0. The lowest BCUT2D eigenvalue weighted by molar-refractivity contribution is 0.448. The van der Waals surface area contributed by atoms with Gasteiger partial charge >= 0.3 is 0 Å². The molecule has 0 saturated heterocycles. The van der Waals surface area contributed by atoms with E-state index in [0.29, 0.717) is 18.5 Å². The van der Waals surface area contributed by atoms with Crippen LogP contribution in [0.4, 0.5) is 8.78 Å². The molecular formula is C14H22F2N2. The number of benzene rings is 1. The zero-order chi connectivity index (χ0) is 13.6. The maximum Gasteiger partial charge on any atom is 0.129 e. The van der Waals surface area contributed by atoms with Gasteiger partial charge in [-0.05, 0) is 57.8 Å². The summed E-state index contributed by atoms with van der Waals surface area (Å²) in [5.74, 6) is -1.01. The van der Waals surface area contributed by atoms with E-state index in [2.05, 4.69) is 5.32 Å². The molecule has 18 heavy (non-hydrogen) atoms. The summed E-state index contributed by atoms with van der Waals surface area (Å²) in [6.45, 7) is 5.55. The molecule has 0 atom stereocenters. The second-order valence-electron chi connectivity index (χ2n) is 5.33. The Balaban J connectivity index is 2.18. The third kappa shape index (κ3) is 6.07. The van der Waals surface area contributed by atoms with E-state index in [9.17, 15) is 8.78 Å². The van der Waals surface area contributed by atoms with Crippen molar-refractivity contribution >= 4 is 0 Å². The van der Waals surface area contributed by atoms with Gasteiger partial charge in [0.25, 0.3) is 0 Å². The Morgan fingerprint density at radius 2 is 1.94 bits per heavy atom. The Hall–Kier alpha value is -1.00. The van der Waals surface area contributed by atoms with E-state index in [-0.39, 0.29) is 5.54 Å². The lowest BCUT2D eigenvalue weighted by Gasteiger charge is -2.17. The topological polar surface area (TPSA) is 38.0 Å². The Morgan fingerprint density at radius 3 is 2.56 bits per heavy atom. The summed E-state index contributed by atoms with van der Waals surface area (Å²) < 4.78 is 26.0. The highest BCUT2D eigenvalue weighted by atomic mass is 19.1. The fourth-order valence-corrected chi connectivity index (χ4v) is 1.74. The van der Waals surface area contributed by atoms with Crippen molar-refractivity contribution in [3.05, 3.63) is 35.4 Å². The van der Waals surface area contributed by atoms with Crippen molar-refractivity contribution in [2.24, 2.45) is 5.73 Å². The molecule has 1 aromatic rings. The summed E-state index contributed by atoms with van der Waals surface area (Å²) in [5.41, 5.74) is 6.27. The molecular weight excluding hydrogens is 234 g/mol. The Bertz CT molecular complexity index is 373. The van der Waals surface area contributed by atoms with Gasteiger partial charge in [0.05, 0.1) is 0 Å². The van der Waals surface area contributed by atoms with Crippen LogP contribution in [0, 0.1) is 11.6 Å². The van der Waals surface area contributed by atoms with Gasteiger partial charge in [0.15, 0.2) is 0 Å². The van der Waals surface area contributed by atoms with Crippen molar-refractivity contribution in [2.75, 3.05) is 13.1 Å². The van der Waals surface area contributed by atoms with Crippen LogP contribution >= 0.6 is 0 Å². The van der Waals surface area contributed by atoms with Gasteiger partial charge in [-0.1, -0.05) is 6.07 Å². The van der Waals surface area contributed by atoms with E-state index >= 15 is 0 Å². The molecule has 0 bridgehead atoms. The predicted molar refractivity (Wildman–Crippen MR) is 70.4 cm³/mol. The molecule has 0 amide bonds. The second-order valence-corrected chi connectivity index (χ2v) is 5.33. The molecule has 4 heteroatoms. The number of hydrogen-bond donors (Lipinski definition) is 2. The van der Waals surface area contributed by atoms with Crippen LogP contribution in [-0.2, 0) is 6.42 Å². The zero-order valence-corrected chi connectivity index (χ0v) is 11.1. The summed E-state index contributed by atoms with van der Waals surface area (Å²) in [6.07, 6.45) is 2.51. The molecule has 3 N–H and O–H groups in total. The molecule has 0 aliphatic carbocycles. The average molecular weight is 256 g/mol. The molecule has 0 aliphatic heterocycles. The summed E-state index contributed by atoms with van der Waals surface area (Å²) in [5, 5.41) is 3.23. The predicted octanol–water partition coefficient (Wildman–Crippen LogP) is 2.61. The first-order valence-electron chi connectivity index (χ1n) is 6.32. The normalized spacial score (nSPS) is 11.8. The summed E-state index contributed by atoms with van der Waals surface area (Å²) in [6, 6.07) is 3.71. The Morgan fingerprint density at radius 1 is 1.22 bits per heavy atom. The number of hydrogen-bond acceptors (Lipinski definition) is 2. The standard InChI is InChI=1S/C14H22F2N2/c1-14(2,17)7-3-8-18-9-6-11-4-5-12(15)10-13(11)16/h4-5,10,18H,3,6-9,17H2,1-2H3. The van der Waals surface area contributed by atoms with Crippen molar-refractivity contribution in [1.29, 1.82) is 0 Å². The number of halogens is 2. The van der Waals surface area contributed by atoms with Crippen molar-refractivity contribution in [2.45, 2.75) is 38.6 Å². The van der Waals surface area contributed by atoms with Crippen molar-refractivity contribution in [3.8, 4) is 0 Å². The van der Waals surface area contributed by atoms with Crippen LogP contribution < -0.4 is 11.1 Å². The van der Waals surface area contributed by atoms with Crippen molar-refractivity contribution in [1.82, 2.24) is 5.32 Å². The molecule has 102 valence electrons. The number of rotatable bonds is 7. The average Bonchev–Trinajstić information content (AvgIpc) is 2.24. The van der Waals surface area contributed by atoms with E-state index < -0.39 is 11.6 Å². The third-order valence-electron chi connectivity index (χ3n) is 2.76. The highest BCUT2D eigenvalue weighted by Gasteiger charge is 2.09. The molecule has 0 aromatic heterocycles. The molecule has 0 radical (unpaired) electrons. The second kappa shape index (κ2) is 6.81. The van der Waals surface area contributed by atoms with E-state index in [1.54, 1.807) is 0 Å². The van der Waals surface area contributed by atoms with Gasteiger partial charge < -0.3 is 11.1 Å². The molecule has 1 rings (SSSR count). The smallest absolute Gasteiger partial charge is 0.129 e. The highest BCUT2D eigenvalue weighted by molar-refractivity contribution is 5.18. The van der Waals surface area contributed by atoms with E-state index in [0.717, 1.165) is 25.5 Å². The van der Waals surface area contributed by atoms with Crippen molar-refractivity contribution < 1.29 is 8.78 Å². The molecule has 0 heterocycles. The van der Waals surface area contributed by atoms with Crippen LogP contribution in [0.25, 0.3) is 0 Å². The van der Waals surface area contributed by atoms with Crippen LogP contribution in [0.2, 0.25) is 0 Å². The van der Waals surface area contributed by atoms with Gasteiger partial charge in [0.2, 0.25) is 0 Å². The van der Waals surface area contributed by atoms with Gasteiger partial charge in [-0.15, -0.1) is 0 Å². The maximum absolute atomic E-state index is 13.3. The van der Waals surface area contributed by atoms with Crippen LogP contribution in [0.15, 0.2) is 18.2 Å². The van der Waals surface area contributed by atoms with Crippen molar-refractivity contribution in [3.63, 3.8) is 0 Å². The minimum Gasteiger partial charge on any atom is -0.326 e. The highest BCUT2D eigenvalue weighted by Crippen LogP contribution is 2.10. The van der Waals surface area contributed by atoms with Gasteiger partial charge in [0, 0.05) is 11.6 Å². The minimum atomic E-state index is -0.533. The molecule has 0 fully saturated rings. The molecule has 0 aliphatic rings. The lowest BCUT2D eigenvalue weighted by Crippen LogP contribution is -2.33. The molecule has 2 nitrogen and oxygen atoms in total. The van der Waals surface area contributed by atoms with Crippen LogP contribution in [0.5, 0.6) is 0 Å². The van der Waals surface area contributed by atoms with Crippen LogP contribution in [0.3, 0.4) is 0 Å². The monoisotopic (exact) mass is 256 g/mol. The van der Waals surface area contributed by atoms with Crippen LogP contribution in [0.1, 0.15) is 32.3 Å². The van der Waals surface area contributed by atoms with Gasteiger partial charge in [-0.25, -0.2) is 8.78 Å². The molecule has 1 aromatic carbocycles.